The summed E-state index contributed by atoms with van der Waals surface area (Å²) in [4.78, 5) is 14.1. The van der Waals surface area contributed by atoms with E-state index in [1.807, 2.05) is 52.0 Å². The van der Waals surface area contributed by atoms with Gasteiger partial charge in [-0.3, -0.25) is 9.52 Å². The summed E-state index contributed by atoms with van der Waals surface area (Å²) in [5.41, 5.74) is 0.929. The topological polar surface area (TPSA) is 41.6 Å². The van der Waals surface area contributed by atoms with Crippen molar-refractivity contribution in [2.75, 3.05) is 24.3 Å². The number of rotatable bonds is 6. The van der Waals surface area contributed by atoms with Crippen LogP contribution in [0, 0.1) is 5.82 Å². The smallest absolute Gasteiger partial charge is 0.264 e. The van der Waals surface area contributed by atoms with E-state index in [9.17, 15) is 9.18 Å². The van der Waals surface area contributed by atoms with Crippen LogP contribution < -0.4 is 14.4 Å². The van der Waals surface area contributed by atoms with Crippen molar-refractivity contribution in [1.82, 2.24) is 4.72 Å². The van der Waals surface area contributed by atoms with Gasteiger partial charge < -0.3 is 9.64 Å². The van der Waals surface area contributed by atoms with Gasteiger partial charge in [-0.2, -0.15) is 0 Å². The van der Waals surface area contributed by atoms with Gasteiger partial charge in [-0.1, -0.05) is 68.9 Å². The van der Waals surface area contributed by atoms with Crippen molar-refractivity contribution in [3.05, 3.63) is 57.8 Å². The van der Waals surface area contributed by atoms with Gasteiger partial charge in [0.05, 0.1) is 16.6 Å². The van der Waals surface area contributed by atoms with Crippen LogP contribution in [0.1, 0.15) is 50.9 Å². The lowest BCUT2D eigenvalue weighted by Crippen LogP contribution is -2.34. The Bertz CT molecular complexity index is 839. The Balaban J connectivity index is 0.00000113. The van der Waals surface area contributed by atoms with Gasteiger partial charge in [0, 0.05) is 29.6 Å². The van der Waals surface area contributed by atoms with E-state index in [4.69, 9.17) is 27.9 Å². The Morgan fingerprint density at radius 3 is 2.58 bits per heavy atom. The lowest BCUT2D eigenvalue weighted by molar-refractivity contribution is 0.0980. The van der Waals surface area contributed by atoms with Gasteiger partial charge in [-0.15, -0.1) is 0 Å². The number of hydrogen-bond donors (Lipinski definition) is 1. The minimum atomic E-state index is -0.668. The number of hydrogen-bond acceptors (Lipinski definition) is 4. The lowest BCUT2D eigenvalue weighted by atomic mass is 10.2. The summed E-state index contributed by atoms with van der Waals surface area (Å²) in [5.74, 6) is -0.969. The first-order chi connectivity index (χ1) is 15.0. The molecule has 2 aromatic carbocycles. The van der Waals surface area contributed by atoms with Crippen LogP contribution in [0.2, 0.25) is 10.0 Å². The summed E-state index contributed by atoms with van der Waals surface area (Å²) in [6.07, 6.45) is 3.68. The predicted octanol–water partition coefficient (Wildman–Crippen LogP) is 7.24. The molecular weight excluding hydrogens is 458 g/mol. The van der Waals surface area contributed by atoms with Crippen molar-refractivity contribution in [2.45, 2.75) is 46.6 Å². The van der Waals surface area contributed by atoms with Crippen molar-refractivity contribution in [1.29, 1.82) is 0 Å². The van der Waals surface area contributed by atoms with E-state index >= 15 is 0 Å². The highest BCUT2D eigenvalue weighted by Gasteiger charge is 2.26. The van der Waals surface area contributed by atoms with Crippen molar-refractivity contribution in [3.8, 4) is 5.75 Å². The quantitative estimate of drug-likeness (QED) is 0.435. The van der Waals surface area contributed by atoms with Gasteiger partial charge in [0.1, 0.15) is 18.2 Å². The summed E-state index contributed by atoms with van der Waals surface area (Å²) < 4.78 is 22.5. The van der Waals surface area contributed by atoms with Crippen LogP contribution in [0.25, 0.3) is 0 Å². The van der Waals surface area contributed by atoms with Gasteiger partial charge in [0.2, 0.25) is 0 Å². The first-order valence-electron chi connectivity index (χ1n) is 10.5. The maximum absolute atomic E-state index is 14.3. The molecule has 0 aromatic heterocycles. The molecule has 0 saturated carbocycles. The average Bonchev–Trinajstić information content (AvgIpc) is 3.25. The Kier molecular flexibility index (Phi) is 12.8. The van der Waals surface area contributed by atoms with Crippen LogP contribution in [-0.2, 0) is 0 Å². The zero-order valence-corrected chi connectivity index (χ0v) is 21.0. The molecule has 1 unspecified atom stereocenters. The molecule has 4 nitrogen and oxygen atoms in total. The van der Waals surface area contributed by atoms with Crippen molar-refractivity contribution in [2.24, 2.45) is 0 Å². The van der Waals surface area contributed by atoms with Crippen LogP contribution in [-0.4, -0.2) is 31.4 Å². The first-order valence-corrected chi connectivity index (χ1v) is 12.4. The Labute approximate surface area is 199 Å². The first kappa shape index (κ1) is 27.4. The van der Waals surface area contributed by atoms with Crippen LogP contribution >= 0.6 is 35.1 Å². The molecule has 3 rings (SSSR count). The van der Waals surface area contributed by atoms with Crippen molar-refractivity contribution >= 4 is 46.7 Å². The van der Waals surface area contributed by atoms with Gasteiger partial charge in [0.15, 0.2) is 0 Å². The molecule has 8 heteroatoms. The van der Waals surface area contributed by atoms with E-state index < -0.39 is 11.7 Å². The normalized spacial score (nSPS) is 14.7. The number of ether oxygens (including phenoxy) is 1. The second-order valence-corrected chi connectivity index (χ2v) is 7.63. The highest BCUT2D eigenvalue weighted by atomic mass is 35.5. The molecule has 2 aromatic rings. The van der Waals surface area contributed by atoms with Crippen molar-refractivity contribution in [3.63, 3.8) is 0 Å². The summed E-state index contributed by atoms with van der Waals surface area (Å²) >= 11 is 13.4. The lowest BCUT2D eigenvalue weighted by Gasteiger charge is -2.27. The Morgan fingerprint density at radius 1 is 1.23 bits per heavy atom. The molecule has 1 amide bonds. The molecule has 1 aliphatic heterocycles. The largest absolute Gasteiger partial charge is 0.490 e. The highest BCUT2D eigenvalue weighted by molar-refractivity contribution is 7.97. The number of anilines is 1. The third-order valence-corrected chi connectivity index (χ3v) is 5.33. The zero-order valence-electron chi connectivity index (χ0n) is 18.7. The molecule has 0 spiro atoms. The predicted molar refractivity (Wildman–Crippen MR) is 132 cm³/mol. The van der Waals surface area contributed by atoms with Gasteiger partial charge in [-0.25, -0.2) is 4.39 Å². The maximum Gasteiger partial charge on any atom is 0.264 e. The average molecular weight is 489 g/mol. The second kappa shape index (κ2) is 14.4. The van der Waals surface area contributed by atoms with Crippen LogP contribution in [0.5, 0.6) is 5.75 Å². The van der Waals surface area contributed by atoms with E-state index in [1.54, 1.807) is 6.26 Å². The van der Waals surface area contributed by atoms with Gasteiger partial charge >= 0.3 is 0 Å². The van der Waals surface area contributed by atoms with E-state index in [-0.39, 0.29) is 22.4 Å². The number of amides is 1. The summed E-state index contributed by atoms with van der Waals surface area (Å²) in [6, 6.07) is 10.3. The number of nitrogens with zero attached hydrogens (tertiary/aromatic N) is 1. The molecule has 1 heterocycles. The SMILES string of the molecule is CC.CC.CSNC(=O)c1cc(Cl)c(OCC2CCCN2c2cccc(Cl)c2)cc1F. The fourth-order valence-electron chi connectivity index (χ4n) is 3.15. The summed E-state index contributed by atoms with van der Waals surface area (Å²) in [5, 5.41) is 0.887. The summed E-state index contributed by atoms with van der Waals surface area (Å²) in [7, 11) is 0. The minimum absolute atomic E-state index is 0.108. The fourth-order valence-corrected chi connectivity index (χ4v) is 3.85. The minimum Gasteiger partial charge on any atom is -0.490 e. The van der Waals surface area contributed by atoms with E-state index in [2.05, 4.69) is 9.62 Å². The van der Waals surface area contributed by atoms with Crippen LogP contribution in [0.15, 0.2) is 36.4 Å². The maximum atomic E-state index is 14.3. The van der Waals surface area contributed by atoms with Crippen LogP contribution in [0.3, 0.4) is 0 Å². The number of nitrogens with one attached hydrogen (secondary N) is 1. The Morgan fingerprint density at radius 2 is 1.94 bits per heavy atom. The molecule has 0 aliphatic carbocycles. The highest BCUT2D eigenvalue weighted by Crippen LogP contribution is 2.31. The molecule has 1 saturated heterocycles. The molecule has 1 atom stereocenters. The molecule has 1 fully saturated rings. The summed E-state index contributed by atoms with van der Waals surface area (Å²) in [6.45, 7) is 9.27. The van der Waals surface area contributed by atoms with Gasteiger partial charge in [0.25, 0.3) is 5.91 Å². The molecule has 0 radical (unpaired) electrons. The number of carbonyl (C=O) groups excluding carboxylic acids is 1. The number of benzene rings is 2. The molecule has 31 heavy (non-hydrogen) atoms. The monoisotopic (exact) mass is 488 g/mol. The fraction of sp³-hybridized carbons (Fsp3) is 0.435. The molecule has 1 aliphatic rings. The molecule has 172 valence electrons. The third-order valence-electron chi connectivity index (χ3n) is 4.41. The molecule has 0 bridgehead atoms. The van der Waals surface area contributed by atoms with E-state index in [0.717, 1.165) is 43.1 Å². The van der Waals surface area contributed by atoms with Crippen LogP contribution in [0.4, 0.5) is 10.1 Å². The number of halogens is 3. The third kappa shape index (κ3) is 7.78. The molecular formula is C23H31Cl2FN2O2S. The molecule has 1 N–H and O–H groups in total. The van der Waals surface area contributed by atoms with E-state index in [1.165, 1.54) is 6.07 Å². The van der Waals surface area contributed by atoms with Crippen molar-refractivity contribution < 1.29 is 13.9 Å². The number of carbonyl (C=O) groups is 1. The standard InChI is InChI=1S/C19H19Cl2FN2O2S.2C2H6/c1-27-23-19(25)15-9-16(21)18(10-17(15)22)26-11-14-6-3-7-24(14)13-5-2-4-12(20)8-13;2*1-2/h2,4-5,8-10,14H,3,6-7,11H2,1H3,(H,23,25);2*1-2H3. The zero-order chi connectivity index (χ0) is 23.4. The van der Waals surface area contributed by atoms with E-state index in [0.29, 0.717) is 11.6 Å². The Hall–Kier alpha value is -1.63. The second-order valence-electron chi connectivity index (χ2n) is 6.18. The van der Waals surface area contributed by atoms with Gasteiger partial charge in [-0.05, 0) is 37.1 Å².